The van der Waals surface area contributed by atoms with Crippen molar-refractivity contribution in [2.24, 2.45) is 0 Å². The fraction of sp³-hybridized carbons (Fsp3) is 0.381. The van der Waals surface area contributed by atoms with E-state index >= 15 is 0 Å². The first-order chi connectivity index (χ1) is 14.2. The van der Waals surface area contributed by atoms with Crippen molar-refractivity contribution < 1.29 is 18.8 Å². The number of carbonyl (C=O) groups excluding carboxylic acids is 1. The first-order valence-electron chi connectivity index (χ1n) is 9.74. The predicted octanol–water partition coefficient (Wildman–Crippen LogP) is 2.33. The van der Waals surface area contributed by atoms with E-state index in [4.69, 9.17) is 14.0 Å². The number of ether oxygens (including phenoxy) is 2. The molecule has 2 fully saturated rings. The van der Waals surface area contributed by atoms with Gasteiger partial charge in [-0.1, -0.05) is 35.5 Å². The molecule has 3 aromatic rings. The van der Waals surface area contributed by atoms with E-state index in [9.17, 15) is 4.79 Å². The second-order valence-corrected chi connectivity index (χ2v) is 7.42. The van der Waals surface area contributed by atoms with Gasteiger partial charge in [0.2, 0.25) is 0 Å². The van der Waals surface area contributed by atoms with Gasteiger partial charge >= 0.3 is 0 Å². The zero-order valence-electron chi connectivity index (χ0n) is 16.1. The van der Waals surface area contributed by atoms with Crippen molar-refractivity contribution in [3.63, 3.8) is 0 Å². The molecule has 4 heterocycles. The number of hydrogen-bond acceptors (Lipinski definition) is 6. The number of carbonyl (C=O) groups is 1. The van der Waals surface area contributed by atoms with Crippen molar-refractivity contribution in [2.75, 3.05) is 26.3 Å². The van der Waals surface area contributed by atoms with Crippen LogP contribution < -0.4 is 0 Å². The standard InChI is InChI=1S/C21H22N4O4/c1-14-19(20(23-29-14)15-6-3-2-4-7-15)21(26)24-10-17-18(11-24)28-13-16(12-27-17)25-9-5-8-22-25/h2-9,16-18H,10-13H2,1H3/t17-,18-/m0/s1. The molecule has 1 amide bonds. The molecule has 0 unspecified atom stereocenters. The molecular weight excluding hydrogens is 372 g/mol. The summed E-state index contributed by atoms with van der Waals surface area (Å²) in [5.74, 6) is 0.410. The number of benzene rings is 1. The number of rotatable bonds is 3. The van der Waals surface area contributed by atoms with Gasteiger partial charge in [0, 0.05) is 31.0 Å². The van der Waals surface area contributed by atoms with Gasteiger partial charge in [0.1, 0.15) is 29.2 Å². The Balaban J connectivity index is 1.32. The Hall–Kier alpha value is -2.97. The van der Waals surface area contributed by atoms with E-state index in [2.05, 4.69) is 10.3 Å². The van der Waals surface area contributed by atoms with Gasteiger partial charge in [-0.15, -0.1) is 0 Å². The zero-order valence-corrected chi connectivity index (χ0v) is 16.1. The molecule has 5 rings (SSSR count). The number of likely N-dealkylation sites (tertiary alicyclic amines) is 1. The monoisotopic (exact) mass is 394 g/mol. The average Bonchev–Trinajstić information content (AvgIpc) is 3.47. The minimum Gasteiger partial charge on any atom is -0.371 e. The van der Waals surface area contributed by atoms with Crippen LogP contribution in [0.4, 0.5) is 0 Å². The number of aromatic nitrogens is 3. The lowest BCUT2D eigenvalue weighted by Crippen LogP contribution is -2.31. The van der Waals surface area contributed by atoms with Gasteiger partial charge in [0.25, 0.3) is 5.91 Å². The highest BCUT2D eigenvalue weighted by molar-refractivity contribution is 6.01. The summed E-state index contributed by atoms with van der Waals surface area (Å²) < 4.78 is 19.4. The van der Waals surface area contributed by atoms with Crippen LogP contribution in [-0.2, 0) is 9.47 Å². The van der Waals surface area contributed by atoms with Crippen molar-refractivity contribution in [3.8, 4) is 11.3 Å². The van der Waals surface area contributed by atoms with Crippen molar-refractivity contribution in [1.82, 2.24) is 19.8 Å². The van der Waals surface area contributed by atoms with Crippen LogP contribution in [-0.4, -0.2) is 64.3 Å². The first kappa shape index (κ1) is 18.1. The van der Waals surface area contributed by atoms with Gasteiger partial charge in [-0.05, 0) is 13.0 Å². The Morgan fingerprint density at radius 3 is 2.45 bits per heavy atom. The fourth-order valence-electron chi connectivity index (χ4n) is 3.97. The van der Waals surface area contributed by atoms with E-state index in [0.717, 1.165) is 5.56 Å². The van der Waals surface area contributed by atoms with Crippen LogP contribution in [0.15, 0.2) is 53.3 Å². The molecule has 2 saturated heterocycles. The Kier molecular flexibility index (Phi) is 4.65. The number of hydrogen-bond donors (Lipinski definition) is 0. The normalized spacial score (nSPS) is 22.4. The zero-order chi connectivity index (χ0) is 19.8. The van der Waals surface area contributed by atoms with Crippen molar-refractivity contribution in [1.29, 1.82) is 0 Å². The van der Waals surface area contributed by atoms with E-state index in [1.54, 1.807) is 18.0 Å². The van der Waals surface area contributed by atoms with Crippen LogP contribution in [0.2, 0.25) is 0 Å². The third-order valence-electron chi connectivity index (χ3n) is 5.53. The van der Waals surface area contributed by atoms with Gasteiger partial charge in [-0.2, -0.15) is 5.10 Å². The Labute approximate surface area is 168 Å². The molecule has 0 aliphatic carbocycles. The molecule has 0 spiro atoms. The summed E-state index contributed by atoms with van der Waals surface area (Å²) in [5.41, 5.74) is 1.93. The Bertz CT molecular complexity index is 970. The molecule has 2 atom stereocenters. The second-order valence-electron chi connectivity index (χ2n) is 7.42. The quantitative estimate of drug-likeness (QED) is 0.678. The highest BCUT2D eigenvalue weighted by atomic mass is 16.6. The second kappa shape index (κ2) is 7.46. The van der Waals surface area contributed by atoms with Gasteiger partial charge in [0.05, 0.1) is 19.3 Å². The summed E-state index contributed by atoms with van der Waals surface area (Å²) in [7, 11) is 0. The van der Waals surface area contributed by atoms with E-state index in [1.807, 2.05) is 47.3 Å². The topological polar surface area (TPSA) is 82.6 Å². The van der Waals surface area contributed by atoms with Crippen LogP contribution in [0.3, 0.4) is 0 Å². The predicted molar refractivity (Wildman–Crippen MR) is 103 cm³/mol. The summed E-state index contributed by atoms with van der Waals surface area (Å²) in [4.78, 5) is 15.1. The van der Waals surface area contributed by atoms with Crippen molar-refractivity contribution in [3.05, 3.63) is 60.1 Å². The molecule has 2 aromatic heterocycles. The third kappa shape index (κ3) is 3.34. The molecule has 2 aliphatic heterocycles. The van der Waals surface area contributed by atoms with Gasteiger partial charge in [-0.25, -0.2) is 0 Å². The van der Waals surface area contributed by atoms with E-state index < -0.39 is 0 Å². The molecule has 8 nitrogen and oxygen atoms in total. The summed E-state index contributed by atoms with van der Waals surface area (Å²) in [6.45, 7) is 3.74. The largest absolute Gasteiger partial charge is 0.371 e. The van der Waals surface area contributed by atoms with E-state index in [1.165, 1.54) is 0 Å². The number of fused-ring (bicyclic) bond motifs is 1. The molecular formula is C21H22N4O4. The van der Waals surface area contributed by atoms with Crippen LogP contribution in [0.5, 0.6) is 0 Å². The van der Waals surface area contributed by atoms with Crippen LogP contribution in [0.1, 0.15) is 22.2 Å². The highest BCUT2D eigenvalue weighted by Gasteiger charge is 2.41. The maximum Gasteiger partial charge on any atom is 0.259 e. The fourth-order valence-corrected chi connectivity index (χ4v) is 3.97. The average molecular weight is 394 g/mol. The molecule has 8 heteroatoms. The molecule has 29 heavy (non-hydrogen) atoms. The Morgan fingerprint density at radius 2 is 1.79 bits per heavy atom. The first-order valence-corrected chi connectivity index (χ1v) is 9.74. The lowest BCUT2D eigenvalue weighted by molar-refractivity contribution is -0.00461. The van der Waals surface area contributed by atoms with Gasteiger partial charge in [-0.3, -0.25) is 9.48 Å². The SMILES string of the molecule is Cc1onc(-c2ccccc2)c1C(=O)N1C[C@@H]2OCC(n3cccn3)CO[C@H]2C1. The molecule has 0 N–H and O–H groups in total. The van der Waals surface area contributed by atoms with Crippen LogP contribution in [0, 0.1) is 6.92 Å². The molecule has 1 aromatic carbocycles. The summed E-state index contributed by atoms with van der Waals surface area (Å²) in [6.07, 6.45) is 3.35. The van der Waals surface area contributed by atoms with Crippen LogP contribution >= 0.6 is 0 Å². The molecule has 0 saturated carbocycles. The molecule has 150 valence electrons. The third-order valence-corrected chi connectivity index (χ3v) is 5.53. The summed E-state index contributed by atoms with van der Waals surface area (Å²) in [6, 6.07) is 11.5. The van der Waals surface area contributed by atoms with E-state index in [0.29, 0.717) is 43.3 Å². The van der Waals surface area contributed by atoms with Crippen molar-refractivity contribution >= 4 is 5.91 Å². The number of amides is 1. The minimum atomic E-state index is -0.153. The summed E-state index contributed by atoms with van der Waals surface area (Å²) >= 11 is 0. The minimum absolute atomic E-state index is 0.0461. The smallest absolute Gasteiger partial charge is 0.259 e. The summed E-state index contributed by atoms with van der Waals surface area (Å²) in [5, 5.41) is 8.40. The van der Waals surface area contributed by atoms with Crippen molar-refractivity contribution in [2.45, 2.75) is 25.2 Å². The lowest BCUT2D eigenvalue weighted by atomic mass is 10.1. The Morgan fingerprint density at radius 1 is 1.07 bits per heavy atom. The number of nitrogens with zero attached hydrogens (tertiary/aromatic N) is 4. The molecule has 0 radical (unpaired) electrons. The maximum atomic E-state index is 13.3. The molecule has 2 aliphatic rings. The molecule has 0 bridgehead atoms. The number of aryl methyl sites for hydroxylation is 1. The lowest BCUT2D eigenvalue weighted by Gasteiger charge is -2.19. The van der Waals surface area contributed by atoms with Gasteiger partial charge < -0.3 is 18.9 Å². The van der Waals surface area contributed by atoms with Crippen LogP contribution in [0.25, 0.3) is 11.3 Å². The highest BCUT2D eigenvalue weighted by Crippen LogP contribution is 2.29. The van der Waals surface area contributed by atoms with Gasteiger partial charge in [0.15, 0.2) is 0 Å². The van der Waals surface area contributed by atoms with E-state index in [-0.39, 0.29) is 24.2 Å². The maximum absolute atomic E-state index is 13.3.